The normalized spacial score (nSPS) is 11.2. The minimum Gasteiger partial charge on any atom is -0.361 e. The van der Waals surface area contributed by atoms with Gasteiger partial charge in [-0.1, -0.05) is 19.0 Å². The Labute approximate surface area is 88.9 Å². The molecule has 2 heterocycles. The predicted octanol–water partition coefficient (Wildman–Crippen LogP) is 2.35. The molecule has 0 fully saturated rings. The Hall–Kier alpha value is -1.58. The lowest BCUT2D eigenvalue weighted by atomic mass is 10.2. The van der Waals surface area contributed by atoms with Crippen LogP contribution in [0.4, 0.5) is 0 Å². The molecule has 0 unspecified atom stereocenters. The predicted molar refractivity (Wildman–Crippen MR) is 56.7 cm³/mol. The van der Waals surface area contributed by atoms with Gasteiger partial charge in [0.1, 0.15) is 17.3 Å². The van der Waals surface area contributed by atoms with E-state index >= 15 is 0 Å². The molecule has 0 aliphatic rings. The summed E-state index contributed by atoms with van der Waals surface area (Å²) >= 11 is 0. The second-order valence-electron chi connectivity index (χ2n) is 4.00. The van der Waals surface area contributed by atoms with Crippen molar-refractivity contribution < 1.29 is 4.52 Å². The van der Waals surface area contributed by atoms with Crippen molar-refractivity contribution >= 4 is 0 Å². The maximum Gasteiger partial charge on any atom is 0.133 e. The van der Waals surface area contributed by atoms with Crippen LogP contribution in [0, 0.1) is 6.92 Å². The fourth-order valence-corrected chi connectivity index (χ4v) is 1.62. The van der Waals surface area contributed by atoms with E-state index in [1.807, 2.05) is 25.4 Å². The smallest absolute Gasteiger partial charge is 0.133 e. The molecule has 4 heteroatoms. The first kappa shape index (κ1) is 9.96. The summed E-state index contributed by atoms with van der Waals surface area (Å²) in [5.41, 5.74) is 0.937. The molecular formula is C11H15N3O. The Morgan fingerprint density at radius 1 is 1.47 bits per heavy atom. The monoisotopic (exact) mass is 205 g/mol. The van der Waals surface area contributed by atoms with E-state index in [2.05, 4.69) is 28.6 Å². The van der Waals surface area contributed by atoms with E-state index in [0.717, 1.165) is 23.8 Å². The average molecular weight is 205 g/mol. The van der Waals surface area contributed by atoms with Crippen molar-refractivity contribution in [3.63, 3.8) is 0 Å². The summed E-state index contributed by atoms with van der Waals surface area (Å²) in [6.45, 7) is 6.89. The number of imidazole rings is 1. The Morgan fingerprint density at radius 2 is 2.27 bits per heavy atom. The summed E-state index contributed by atoms with van der Waals surface area (Å²) in [6.07, 6.45) is 3.79. The van der Waals surface area contributed by atoms with Crippen LogP contribution < -0.4 is 0 Å². The molecule has 0 aromatic carbocycles. The second-order valence-corrected chi connectivity index (χ2v) is 4.00. The van der Waals surface area contributed by atoms with Crippen LogP contribution in [-0.2, 0) is 6.54 Å². The Bertz CT molecular complexity index is 442. The van der Waals surface area contributed by atoms with Gasteiger partial charge in [0, 0.05) is 24.4 Å². The standard InChI is InChI=1S/C11H15N3O/c1-8(2)11-12-4-5-14(11)7-10-6-9(3)15-13-10/h4-6,8H,7H2,1-3H3. The SMILES string of the molecule is Cc1cc(Cn2ccnc2C(C)C)no1. The molecule has 2 aromatic heterocycles. The summed E-state index contributed by atoms with van der Waals surface area (Å²) < 4.78 is 7.13. The topological polar surface area (TPSA) is 43.9 Å². The molecule has 0 saturated carbocycles. The van der Waals surface area contributed by atoms with Crippen LogP contribution in [0.1, 0.15) is 37.0 Å². The molecule has 15 heavy (non-hydrogen) atoms. The van der Waals surface area contributed by atoms with Gasteiger partial charge in [0.2, 0.25) is 0 Å². The highest BCUT2D eigenvalue weighted by molar-refractivity contribution is 5.07. The van der Waals surface area contributed by atoms with Crippen molar-refractivity contribution in [1.29, 1.82) is 0 Å². The highest BCUT2D eigenvalue weighted by Gasteiger charge is 2.09. The van der Waals surface area contributed by atoms with Crippen LogP contribution in [0.3, 0.4) is 0 Å². The highest BCUT2D eigenvalue weighted by Crippen LogP contribution is 2.13. The van der Waals surface area contributed by atoms with Gasteiger partial charge in [0.05, 0.1) is 6.54 Å². The maximum atomic E-state index is 5.03. The summed E-state index contributed by atoms with van der Waals surface area (Å²) in [5, 5.41) is 3.97. The summed E-state index contributed by atoms with van der Waals surface area (Å²) in [4.78, 5) is 4.32. The zero-order valence-corrected chi connectivity index (χ0v) is 9.27. The number of rotatable bonds is 3. The minimum absolute atomic E-state index is 0.424. The Kier molecular flexibility index (Phi) is 2.58. The van der Waals surface area contributed by atoms with Crippen LogP contribution in [0.2, 0.25) is 0 Å². The fraction of sp³-hybridized carbons (Fsp3) is 0.455. The fourth-order valence-electron chi connectivity index (χ4n) is 1.62. The Balaban J connectivity index is 2.20. The van der Waals surface area contributed by atoms with E-state index in [1.54, 1.807) is 0 Å². The third kappa shape index (κ3) is 2.09. The number of nitrogens with zero attached hydrogens (tertiary/aromatic N) is 3. The van der Waals surface area contributed by atoms with E-state index < -0.39 is 0 Å². The molecule has 2 rings (SSSR count). The molecule has 0 amide bonds. The number of aryl methyl sites for hydroxylation is 1. The van der Waals surface area contributed by atoms with Crippen molar-refractivity contribution in [2.45, 2.75) is 33.2 Å². The molecule has 0 spiro atoms. The highest BCUT2D eigenvalue weighted by atomic mass is 16.5. The first-order chi connectivity index (χ1) is 7.16. The van der Waals surface area contributed by atoms with Gasteiger partial charge in [-0.25, -0.2) is 4.98 Å². The summed E-state index contributed by atoms with van der Waals surface area (Å²) in [7, 11) is 0. The third-order valence-corrected chi connectivity index (χ3v) is 2.27. The first-order valence-electron chi connectivity index (χ1n) is 5.10. The molecular weight excluding hydrogens is 190 g/mol. The number of aromatic nitrogens is 3. The van der Waals surface area contributed by atoms with Gasteiger partial charge in [-0.2, -0.15) is 0 Å². The first-order valence-corrected chi connectivity index (χ1v) is 5.10. The quantitative estimate of drug-likeness (QED) is 0.772. The minimum atomic E-state index is 0.424. The lowest BCUT2D eigenvalue weighted by molar-refractivity contribution is 0.388. The summed E-state index contributed by atoms with van der Waals surface area (Å²) in [6, 6.07) is 1.95. The molecule has 4 nitrogen and oxygen atoms in total. The van der Waals surface area contributed by atoms with Crippen molar-refractivity contribution in [1.82, 2.24) is 14.7 Å². The average Bonchev–Trinajstić information content (AvgIpc) is 2.75. The van der Waals surface area contributed by atoms with E-state index in [9.17, 15) is 0 Å². The molecule has 0 aliphatic heterocycles. The third-order valence-electron chi connectivity index (χ3n) is 2.27. The molecule has 0 N–H and O–H groups in total. The van der Waals surface area contributed by atoms with Crippen molar-refractivity contribution in [3.8, 4) is 0 Å². The molecule has 2 aromatic rings. The maximum absolute atomic E-state index is 5.03. The molecule has 80 valence electrons. The van der Waals surface area contributed by atoms with E-state index in [1.165, 1.54) is 0 Å². The largest absolute Gasteiger partial charge is 0.361 e. The van der Waals surface area contributed by atoms with Crippen LogP contribution >= 0.6 is 0 Å². The molecule has 0 saturated heterocycles. The number of hydrogen-bond donors (Lipinski definition) is 0. The van der Waals surface area contributed by atoms with Gasteiger partial charge in [-0.05, 0) is 6.92 Å². The molecule has 0 bridgehead atoms. The van der Waals surface area contributed by atoms with E-state index in [0.29, 0.717) is 5.92 Å². The van der Waals surface area contributed by atoms with Gasteiger partial charge in [0.25, 0.3) is 0 Å². The van der Waals surface area contributed by atoms with Gasteiger partial charge < -0.3 is 9.09 Å². The second kappa shape index (κ2) is 3.88. The van der Waals surface area contributed by atoms with Gasteiger partial charge in [-0.15, -0.1) is 0 Å². The molecule has 0 aliphatic carbocycles. The summed E-state index contributed by atoms with van der Waals surface area (Å²) in [5.74, 6) is 2.35. The van der Waals surface area contributed by atoms with Gasteiger partial charge >= 0.3 is 0 Å². The van der Waals surface area contributed by atoms with Crippen LogP contribution in [-0.4, -0.2) is 14.7 Å². The molecule has 0 radical (unpaired) electrons. The van der Waals surface area contributed by atoms with Crippen LogP contribution in [0.5, 0.6) is 0 Å². The van der Waals surface area contributed by atoms with Crippen molar-refractivity contribution in [2.24, 2.45) is 0 Å². The van der Waals surface area contributed by atoms with Gasteiger partial charge in [-0.3, -0.25) is 0 Å². The van der Waals surface area contributed by atoms with E-state index in [-0.39, 0.29) is 0 Å². The lowest BCUT2D eigenvalue weighted by Gasteiger charge is -2.07. The number of hydrogen-bond acceptors (Lipinski definition) is 3. The van der Waals surface area contributed by atoms with Gasteiger partial charge in [0.15, 0.2) is 0 Å². The van der Waals surface area contributed by atoms with E-state index in [4.69, 9.17) is 4.52 Å². The van der Waals surface area contributed by atoms with Crippen LogP contribution in [0.25, 0.3) is 0 Å². The zero-order chi connectivity index (χ0) is 10.8. The van der Waals surface area contributed by atoms with Crippen molar-refractivity contribution in [3.05, 3.63) is 35.7 Å². The molecule has 0 atom stereocenters. The van der Waals surface area contributed by atoms with Crippen molar-refractivity contribution in [2.75, 3.05) is 0 Å². The van der Waals surface area contributed by atoms with Crippen LogP contribution in [0.15, 0.2) is 23.0 Å². The lowest BCUT2D eigenvalue weighted by Crippen LogP contribution is -2.05. The zero-order valence-electron chi connectivity index (χ0n) is 9.27. The Morgan fingerprint density at radius 3 is 2.87 bits per heavy atom.